The third kappa shape index (κ3) is 4.84. The van der Waals surface area contributed by atoms with Gasteiger partial charge in [0.25, 0.3) is 0 Å². The molecule has 1 aromatic heterocycles. The van der Waals surface area contributed by atoms with Gasteiger partial charge in [0.15, 0.2) is 0 Å². The predicted octanol–water partition coefficient (Wildman–Crippen LogP) is -4.92. The minimum absolute atomic E-state index is 0. The van der Waals surface area contributed by atoms with E-state index in [0.717, 1.165) is 0 Å². The van der Waals surface area contributed by atoms with Crippen LogP contribution in [0.15, 0.2) is 12.1 Å². The van der Waals surface area contributed by atoms with Gasteiger partial charge in [-0.05, 0) is 0 Å². The molecule has 0 atom stereocenters. The molecule has 0 radical (unpaired) electrons. The third-order valence-electron chi connectivity index (χ3n) is 1.14. The molecule has 0 aliphatic rings. The van der Waals surface area contributed by atoms with E-state index in [1.807, 2.05) is 6.20 Å². The molecule has 13 heavy (non-hydrogen) atoms. The molecule has 0 aliphatic heterocycles. The maximum atomic E-state index is 11.9. The molecule has 1 heterocycles. The van der Waals surface area contributed by atoms with Gasteiger partial charge in [-0.15, -0.1) is 12.4 Å². The zero-order valence-electron chi connectivity index (χ0n) is 7.81. The standard InChI is InChI=1S/C6H5BF3N.2Li/c1-6-3-2-4-11(5-6)7(8,9)10;;/h2-3H,1H3;;/q-2;2*+1. The number of hydrogen-bond donors (Lipinski definition) is 0. The molecule has 0 saturated carbocycles. The molecule has 0 fully saturated rings. The molecule has 0 saturated heterocycles. The largest absolute Gasteiger partial charge is 1.00 e. The van der Waals surface area contributed by atoms with E-state index in [9.17, 15) is 12.9 Å². The van der Waals surface area contributed by atoms with Crippen molar-refractivity contribution in [1.82, 2.24) is 0 Å². The second-order valence-electron chi connectivity index (χ2n) is 2.17. The molecule has 0 aliphatic carbocycles. The average molecular weight is 173 g/mol. The van der Waals surface area contributed by atoms with Crippen LogP contribution in [-0.4, -0.2) is 7.11 Å². The fraction of sp³-hybridized carbons (Fsp3) is 0.167. The van der Waals surface area contributed by atoms with Gasteiger partial charge in [0.2, 0.25) is 0 Å². The molecule has 0 unspecified atom stereocenters. The van der Waals surface area contributed by atoms with Crippen LogP contribution >= 0.6 is 0 Å². The van der Waals surface area contributed by atoms with Crippen molar-refractivity contribution in [2.75, 3.05) is 0 Å². The molecule has 1 nitrogen and oxygen atoms in total. The van der Waals surface area contributed by atoms with Gasteiger partial charge in [-0.3, -0.25) is 6.07 Å². The Morgan fingerprint density at radius 1 is 1.31 bits per heavy atom. The number of rotatable bonds is 1. The Morgan fingerprint density at radius 2 is 1.85 bits per heavy atom. The predicted molar refractivity (Wildman–Crippen MR) is 33.5 cm³/mol. The Hall–Kier alpha value is 0.200. The Bertz CT molecular complexity index is 266. The molecule has 0 N–H and O–H groups in total. The van der Waals surface area contributed by atoms with Crippen LogP contribution in [0, 0.1) is 19.3 Å². The van der Waals surface area contributed by atoms with Crippen LogP contribution < -0.4 is 42.2 Å². The maximum absolute atomic E-state index is 11.9. The number of aromatic nitrogens is 1. The molecule has 0 bridgehead atoms. The molecule has 1 rings (SSSR count). The first-order valence-corrected chi connectivity index (χ1v) is 3.02. The average Bonchev–Trinajstić information content (AvgIpc) is 1.86. The van der Waals surface area contributed by atoms with E-state index in [1.54, 1.807) is 6.92 Å². The van der Waals surface area contributed by atoms with Gasteiger partial charge in [-0.1, -0.05) is 6.92 Å². The van der Waals surface area contributed by atoms with Gasteiger partial charge >= 0.3 is 44.8 Å². The molecule has 0 aromatic carbocycles. The van der Waals surface area contributed by atoms with Crippen molar-refractivity contribution < 1.29 is 55.1 Å². The minimum atomic E-state index is -5.02. The fourth-order valence-electron chi connectivity index (χ4n) is 0.660. The van der Waals surface area contributed by atoms with Crippen LogP contribution in [0.5, 0.6) is 0 Å². The van der Waals surface area contributed by atoms with Crippen molar-refractivity contribution in [3.63, 3.8) is 0 Å². The molecule has 1 aromatic rings. The summed E-state index contributed by atoms with van der Waals surface area (Å²) < 4.78 is 35.8. The summed E-state index contributed by atoms with van der Waals surface area (Å²) >= 11 is 0. The summed E-state index contributed by atoms with van der Waals surface area (Å²) in [7, 11) is -5.02. The van der Waals surface area contributed by atoms with Gasteiger partial charge in [0.1, 0.15) is 0 Å². The Balaban J connectivity index is 0. The third-order valence-corrected chi connectivity index (χ3v) is 1.14. The molecule has 60 valence electrons. The van der Waals surface area contributed by atoms with Crippen LogP contribution in [0.4, 0.5) is 12.9 Å². The second kappa shape index (κ2) is 5.83. The second-order valence-corrected chi connectivity index (χ2v) is 2.17. The first-order chi connectivity index (χ1) is 5.00. The van der Waals surface area contributed by atoms with Crippen molar-refractivity contribution >= 4 is 7.11 Å². The zero-order valence-corrected chi connectivity index (χ0v) is 7.81. The van der Waals surface area contributed by atoms with Gasteiger partial charge in [0, 0.05) is 0 Å². The van der Waals surface area contributed by atoms with Crippen LogP contribution in [0.1, 0.15) is 5.56 Å². The summed E-state index contributed by atoms with van der Waals surface area (Å²) in [5.74, 6) is 0. The molecule has 0 spiro atoms. The van der Waals surface area contributed by atoms with Gasteiger partial charge in [-0.25, -0.2) is 11.6 Å². The molecular formula is C6H5BF3Li2N. The summed E-state index contributed by atoms with van der Waals surface area (Å²) in [5, 5.41) is 0. The number of pyridine rings is 1. The molecule has 7 heteroatoms. The van der Waals surface area contributed by atoms with Gasteiger partial charge < -0.3 is 17.4 Å². The van der Waals surface area contributed by atoms with E-state index >= 15 is 0 Å². The summed E-state index contributed by atoms with van der Waals surface area (Å²) in [4.78, 5) is 0. The Morgan fingerprint density at radius 3 is 2.15 bits per heavy atom. The van der Waals surface area contributed by atoms with E-state index in [1.165, 1.54) is 12.1 Å². The quantitative estimate of drug-likeness (QED) is 0.296. The summed E-state index contributed by atoms with van der Waals surface area (Å²) in [5.41, 5.74) is 0.447. The van der Waals surface area contributed by atoms with Crippen LogP contribution in [0.3, 0.4) is 0 Å². The van der Waals surface area contributed by atoms with E-state index in [-0.39, 0.29) is 42.2 Å². The van der Waals surface area contributed by atoms with E-state index in [2.05, 4.69) is 6.20 Å². The monoisotopic (exact) mass is 173 g/mol. The summed E-state index contributed by atoms with van der Waals surface area (Å²) in [6.45, 7) is 1.55. The molecular weight excluding hydrogens is 168 g/mol. The first kappa shape index (κ1) is 15.7. The van der Waals surface area contributed by atoms with Crippen molar-refractivity contribution in [1.29, 1.82) is 0 Å². The van der Waals surface area contributed by atoms with Crippen molar-refractivity contribution in [2.45, 2.75) is 6.92 Å². The summed E-state index contributed by atoms with van der Waals surface area (Å²) in [6, 6.07) is 2.74. The topological polar surface area (TPSA) is 3.88 Å². The van der Waals surface area contributed by atoms with Crippen molar-refractivity contribution in [3.8, 4) is 0 Å². The number of nitrogens with zero attached hydrogens (tertiary/aromatic N) is 1. The van der Waals surface area contributed by atoms with Crippen LogP contribution in [0.2, 0.25) is 0 Å². The molecule has 0 amide bonds. The SMILES string of the molecule is Cc1[c-][n+]([B-](F)(F)F)[c-]cc1.[Li+].[Li+]. The first-order valence-electron chi connectivity index (χ1n) is 3.02. The van der Waals surface area contributed by atoms with Crippen molar-refractivity contribution in [2.24, 2.45) is 0 Å². The number of hydrogen-bond acceptors (Lipinski definition) is 0. The zero-order chi connectivity index (χ0) is 8.48. The van der Waals surface area contributed by atoms with Gasteiger partial charge in [-0.2, -0.15) is 0 Å². The Labute approximate surface area is 99.1 Å². The fourth-order valence-corrected chi connectivity index (χ4v) is 0.660. The van der Waals surface area contributed by atoms with E-state index in [0.29, 0.717) is 5.56 Å². The van der Waals surface area contributed by atoms with Crippen LogP contribution in [0.25, 0.3) is 0 Å². The normalized spacial score (nSPS) is 9.85. The number of halogens is 3. The minimum Gasteiger partial charge on any atom is -0.569 e. The number of aryl methyl sites for hydroxylation is 1. The smallest absolute Gasteiger partial charge is 0.569 e. The Kier molecular flexibility index (Phi) is 7.03. The van der Waals surface area contributed by atoms with E-state index in [4.69, 9.17) is 0 Å². The maximum Gasteiger partial charge on any atom is 1.00 e. The van der Waals surface area contributed by atoms with E-state index < -0.39 is 7.11 Å². The van der Waals surface area contributed by atoms with Crippen LogP contribution in [-0.2, 0) is 0 Å². The van der Waals surface area contributed by atoms with Gasteiger partial charge in [0.05, 0.1) is 0 Å². The summed E-state index contributed by atoms with van der Waals surface area (Å²) in [6.07, 6.45) is 4.12. The van der Waals surface area contributed by atoms with Crippen molar-refractivity contribution in [3.05, 3.63) is 30.1 Å².